The van der Waals surface area contributed by atoms with Gasteiger partial charge in [-0.3, -0.25) is 4.79 Å². The van der Waals surface area contributed by atoms with Crippen molar-refractivity contribution < 1.29 is 9.53 Å². The summed E-state index contributed by atoms with van der Waals surface area (Å²) in [5, 5.41) is 0. The van der Waals surface area contributed by atoms with Gasteiger partial charge in [-0.05, 0) is 44.0 Å². The maximum atomic E-state index is 12.8. The van der Waals surface area contributed by atoms with Gasteiger partial charge in [0.05, 0.1) is 7.11 Å². The van der Waals surface area contributed by atoms with Gasteiger partial charge < -0.3 is 19.4 Å². The molecule has 0 atom stereocenters. The number of aryl methyl sites for hydroxylation is 1. The predicted molar refractivity (Wildman–Crippen MR) is 109 cm³/mol. The number of hydrogen-bond donors (Lipinski definition) is 0. The fourth-order valence-corrected chi connectivity index (χ4v) is 3.86. The molecular weight excluding hydrogens is 354 g/mol. The smallest absolute Gasteiger partial charge is 0.253 e. The third-order valence-corrected chi connectivity index (χ3v) is 5.47. The topological polar surface area (TPSA) is 61.8 Å². The molecule has 0 N–H and O–H groups in total. The number of piperazine rings is 1. The first-order chi connectivity index (χ1) is 13.6. The van der Waals surface area contributed by atoms with Crippen LogP contribution in [0, 0.1) is 6.92 Å². The lowest BCUT2D eigenvalue weighted by Crippen LogP contribution is -2.49. The summed E-state index contributed by atoms with van der Waals surface area (Å²) in [6.07, 6.45) is 2.45. The molecular formula is C21H27N5O2. The molecule has 0 bridgehead atoms. The zero-order valence-corrected chi connectivity index (χ0v) is 16.6. The van der Waals surface area contributed by atoms with Crippen LogP contribution in [0.1, 0.15) is 29.0 Å². The van der Waals surface area contributed by atoms with Crippen LogP contribution in [0.4, 0.5) is 11.6 Å². The average Bonchev–Trinajstić information content (AvgIpc) is 3.28. The van der Waals surface area contributed by atoms with Gasteiger partial charge in [0.25, 0.3) is 5.91 Å². The van der Waals surface area contributed by atoms with Gasteiger partial charge in [-0.25, -0.2) is 9.97 Å². The number of nitrogens with zero attached hydrogens (tertiary/aromatic N) is 5. The molecule has 1 aromatic heterocycles. The Balaban J connectivity index is 1.41. The van der Waals surface area contributed by atoms with E-state index >= 15 is 0 Å². The van der Waals surface area contributed by atoms with Crippen LogP contribution in [0.15, 0.2) is 30.3 Å². The third-order valence-electron chi connectivity index (χ3n) is 5.47. The van der Waals surface area contributed by atoms with E-state index in [2.05, 4.69) is 25.8 Å². The van der Waals surface area contributed by atoms with Gasteiger partial charge in [0.2, 0.25) is 0 Å². The van der Waals surface area contributed by atoms with Gasteiger partial charge in [-0.2, -0.15) is 0 Å². The van der Waals surface area contributed by atoms with E-state index in [1.54, 1.807) is 7.11 Å². The first kappa shape index (κ1) is 18.5. The van der Waals surface area contributed by atoms with Crippen LogP contribution < -0.4 is 14.5 Å². The molecule has 7 heteroatoms. The van der Waals surface area contributed by atoms with Crippen LogP contribution in [0.25, 0.3) is 0 Å². The highest BCUT2D eigenvalue weighted by Gasteiger charge is 2.24. The fourth-order valence-electron chi connectivity index (χ4n) is 3.86. The first-order valence-corrected chi connectivity index (χ1v) is 9.93. The Morgan fingerprint density at radius 3 is 2.04 bits per heavy atom. The fraction of sp³-hybridized carbons (Fsp3) is 0.476. The standard InChI is InChI=1S/C21H27N5O2/c1-16-22-19(24-9-3-4-10-24)15-20(23-16)25-11-13-26(14-12-25)21(27)17-5-7-18(28-2)8-6-17/h5-8,15H,3-4,9-14H2,1-2H3. The van der Waals surface area contributed by atoms with E-state index in [9.17, 15) is 4.79 Å². The van der Waals surface area contributed by atoms with Crippen molar-refractivity contribution >= 4 is 17.5 Å². The van der Waals surface area contributed by atoms with Crippen LogP contribution in [0.2, 0.25) is 0 Å². The molecule has 0 saturated carbocycles. The first-order valence-electron chi connectivity index (χ1n) is 9.93. The second-order valence-electron chi connectivity index (χ2n) is 7.33. The highest BCUT2D eigenvalue weighted by molar-refractivity contribution is 5.94. The second-order valence-corrected chi connectivity index (χ2v) is 7.33. The summed E-state index contributed by atoms with van der Waals surface area (Å²) in [5.74, 6) is 3.62. The van der Waals surface area contributed by atoms with Crippen molar-refractivity contribution in [2.75, 3.05) is 56.2 Å². The lowest BCUT2D eigenvalue weighted by atomic mass is 10.1. The van der Waals surface area contributed by atoms with Gasteiger partial charge >= 0.3 is 0 Å². The number of amides is 1. The van der Waals surface area contributed by atoms with Crippen molar-refractivity contribution in [2.24, 2.45) is 0 Å². The molecule has 4 rings (SSSR count). The minimum Gasteiger partial charge on any atom is -0.497 e. The van der Waals surface area contributed by atoms with E-state index in [0.29, 0.717) is 18.7 Å². The Morgan fingerprint density at radius 2 is 1.46 bits per heavy atom. The zero-order valence-electron chi connectivity index (χ0n) is 16.6. The quantitative estimate of drug-likeness (QED) is 0.810. The number of carbonyl (C=O) groups is 1. The average molecular weight is 381 g/mol. The number of rotatable bonds is 4. The number of benzene rings is 1. The van der Waals surface area contributed by atoms with E-state index in [1.165, 1.54) is 12.8 Å². The highest BCUT2D eigenvalue weighted by Crippen LogP contribution is 2.24. The molecule has 2 aliphatic rings. The second kappa shape index (κ2) is 8.04. The van der Waals surface area contributed by atoms with E-state index in [-0.39, 0.29) is 5.91 Å². The largest absolute Gasteiger partial charge is 0.497 e. The third kappa shape index (κ3) is 3.88. The number of carbonyl (C=O) groups excluding carboxylic acids is 1. The van der Waals surface area contributed by atoms with Crippen LogP contribution >= 0.6 is 0 Å². The number of aromatic nitrogens is 2. The number of anilines is 2. The van der Waals surface area contributed by atoms with Gasteiger partial charge in [-0.1, -0.05) is 0 Å². The monoisotopic (exact) mass is 381 g/mol. The Bertz CT molecular complexity index is 825. The molecule has 1 amide bonds. The molecule has 0 spiro atoms. The van der Waals surface area contributed by atoms with Crippen molar-refractivity contribution in [3.63, 3.8) is 0 Å². The van der Waals surface area contributed by atoms with Crippen LogP contribution in [0.3, 0.4) is 0 Å². The van der Waals surface area contributed by atoms with E-state index in [1.807, 2.05) is 36.1 Å². The molecule has 7 nitrogen and oxygen atoms in total. The van der Waals surface area contributed by atoms with E-state index in [4.69, 9.17) is 4.74 Å². The summed E-state index contributed by atoms with van der Waals surface area (Å²) >= 11 is 0. The number of ether oxygens (including phenoxy) is 1. The summed E-state index contributed by atoms with van der Waals surface area (Å²) < 4.78 is 5.17. The van der Waals surface area contributed by atoms with Crippen LogP contribution in [-0.4, -0.2) is 67.2 Å². The zero-order chi connectivity index (χ0) is 19.5. The molecule has 0 aliphatic carbocycles. The summed E-state index contributed by atoms with van der Waals surface area (Å²) in [5.41, 5.74) is 0.698. The molecule has 3 heterocycles. The Morgan fingerprint density at radius 1 is 0.893 bits per heavy atom. The summed E-state index contributed by atoms with van der Waals surface area (Å²) in [7, 11) is 1.63. The molecule has 2 aromatic rings. The van der Waals surface area contributed by atoms with Crippen molar-refractivity contribution in [1.29, 1.82) is 0 Å². The van der Waals surface area contributed by atoms with Crippen molar-refractivity contribution in [3.05, 3.63) is 41.7 Å². The summed E-state index contributed by atoms with van der Waals surface area (Å²) in [6.45, 7) is 7.02. The van der Waals surface area contributed by atoms with E-state index < -0.39 is 0 Å². The van der Waals surface area contributed by atoms with Crippen molar-refractivity contribution in [3.8, 4) is 5.75 Å². The molecule has 2 fully saturated rings. The highest BCUT2D eigenvalue weighted by atomic mass is 16.5. The van der Waals surface area contributed by atoms with Gasteiger partial charge in [0, 0.05) is 50.9 Å². The van der Waals surface area contributed by atoms with E-state index in [0.717, 1.165) is 49.4 Å². The molecule has 1 aromatic carbocycles. The predicted octanol–water partition coefficient (Wildman–Crippen LogP) is 2.36. The van der Waals surface area contributed by atoms with Crippen molar-refractivity contribution in [1.82, 2.24) is 14.9 Å². The maximum absolute atomic E-state index is 12.8. The van der Waals surface area contributed by atoms with Crippen LogP contribution in [0.5, 0.6) is 5.75 Å². The lowest BCUT2D eigenvalue weighted by molar-refractivity contribution is 0.0746. The Hall–Kier alpha value is -2.83. The number of hydrogen-bond acceptors (Lipinski definition) is 6. The molecule has 0 radical (unpaired) electrons. The lowest BCUT2D eigenvalue weighted by Gasteiger charge is -2.35. The molecule has 28 heavy (non-hydrogen) atoms. The minimum atomic E-state index is 0.0685. The molecule has 2 aliphatic heterocycles. The summed E-state index contributed by atoms with van der Waals surface area (Å²) in [4.78, 5) is 28.5. The Labute approximate surface area is 165 Å². The number of methoxy groups -OCH3 is 1. The Kier molecular flexibility index (Phi) is 5.32. The normalized spacial score (nSPS) is 17.1. The SMILES string of the molecule is COc1ccc(C(=O)N2CCN(c3cc(N4CCCC4)nc(C)n3)CC2)cc1. The van der Waals surface area contributed by atoms with Crippen molar-refractivity contribution in [2.45, 2.75) is 19.8 Å². The minimum absolute atomic E-state index is 0.0685. The molecule has 148 valence electrons. The van der Waals surface area contributed by atoms with Gasteiger partial charge in [-0.15, -0.1) is 0 Å². The summed E-state index contributed by atoms with van der Waals surface area (Å²) in [6, 6.07) is 9.40. The van der Waals surface area contributed by atoms with Gasteiger partial charge in [0.15, 0.2) is 0 Å². The van der Waals surface area contributed by atoms with Gasteiger partial charge in [0.1, 0.15) is 23.2 Å². The maximum Gasteiger partial charge on any atom is 0.253 e. The molecule has 2 saturated heterocycles. The van der Waals surface area contributed by atoms with Crippen LogP contribution in [-0.2, 0) is 0 Å². The molecule has 0 unspecified atom stereocenters.